The number of aldehydes is 2. The highest BCUT2D eigenvalue weighted by Gasteiger charge is 2.41. The summed E-state index contributed by atoms with van der Waals surface area (Å²) in [6.07, 6.45) is -1.15. The predicted octanol–water partition coefficient (Wildman–Crippen LogP) is -1.26. The van der Waals surface area contributed by atoms with Gasteiger partial charge in [-0.15, -0.1) is 0 Å². The van der Waals surface area contributed by atoms with E-state index in [1.807, 2.05) is 0 Å². The molecule has 0 amide bonds. The second kappa shape index (κ2) is 9.68. The maximum Gasteiger partial charge on any atom is 0.490 e. The van der Waals surface area contributed by atoms with Gasteiger partial charge in [0.05, 0.1) is 19.3 Å². The van der Waals surface area contributed by atoms with E-state index in [1.165, 1.54) is 0 Å². The number of hydrogen-bond acceptors (Lipinski definition) is 12. The van der Waals surface area contributed by atoms with Crippen LogP contribution in [0.1, 0.15) is 6.23 Å². The molecule has 0 bridgehead atoms. The Hall–Kier alpha value is -1.94. The smallest absolute Gasteiger partial charge is 0.338 e. The summed E-state index contributed by atoms with van der Waals surface area (Å²) in [5, 5.41) is 0. The van der Waals surface area contributed by atoms with Crippen molar-refractivity contribution in [2.45, 2.75) is 12.3 Å². The van der Waals surface area contributed by atoms with Crippen LogP contribution in [0, 0.1) is 0 Å². The van der Waals surface area contributed by atoms with Gasteiger partial charge in [-0.05, 0) is 0 Å². The van der Waals surface area contributed by atoms with Crippen LogP contribution in [0.3, 0.4) is 0 Å². The van der Waals surface area contributed by atoms with Gasteiger partial charge in [-0.3, -0.25) is 18.7 Å². The summed E-state index contributed by atoms with van der Waals surface area (Å²) in [5.41, 5.74) is -0.889. The van der Waals surface area contributed by atoms with Crippen LogP contribution in [0.5, 0.6) is 0 Å². The molecule has 0 saturated heterocycles. The van der Waals surface area contributed by atoms with Gasteiger partial charge in [-0.2, -0.15) is 8.62 Å². The number of phosphoric acid groups is 3. The number of imidazole rings is 1. The van der Waals surface area contributed by atoms with E-state index >= 15 is 0 Å². The number of hydrogen-bond donors (Lipinski definition) is 5. The minimum absolute atomic E-state index is 0.0283. The molecule has 172 valence electrons. The highest BCUT2D eigenvalue weighted by molar-refractivity contribution is 7.66. The van der Waals surface area contributed by atoms with Crippen LogP contribution >= 0.6 is 23.5 Å². The van der Waals surface area contributed by atoms with Crippen molar-refractivity contribution in [1.82, 2.24) is 19.5 Å². The molecule has 0 radical (unpaired) electrons. The number of nitrogens with one attached hydrogen (secondary N) is 1. The fourth-order valence-electron chi connectivity index (χ4n) is 1.97. The van der Waals surface area contributed by atoms with E-state index in [1.54, 1.807) is 0 Å². The Morgan fingerprint density at radius 1 is 1.06 bits per heavy atom. The monoisotopic (exact) mass is 506 g/mol. The van der Waals surface area contributed by atoms with Crippen LogP contribution in [0.4, 0.5) is 0 Å². The molecule has 4 atom stereocenters. The molecule has 2 aromatic heterocycles. The van der Waals surface area contributed by atoms with Crippen molar-refractivity contribution in [3.63, 3.8) is 0 Å². The first-order valence-electron chi connectivity index (χ1n) is 7.51. The minimum atomic E-state index is -5.75. The van der Waals surface area contributed by atoms with Crippen LogP contribution in [-0.4, -0.2) is 64.4 Å². The number of aromatic nitrogens is 4. The lowest BCUT2D eigenvalue weighted by molar-refractivity contribution is -0.139. The third-order valence-electron chi connectivity index (χ3n) is 3.04. The normalized spacial score (nSPS) is 18.1. The number of rotatable bonds is 12. The SMILES string of the molecule is O=C[C@H](COP(=O)(O)OP(=O)(O)OP(=O)(O)O)O[C@H](C=O)n1cnc2c(=O)[nH]cnc21. The van der Waals surface area contributed by atoms with Crippen molar-refractivity contribution in [3.8, 4) is 0 Å². The lowest BCUT2D eigenvalue weighted by atomic mass is 10.4. The van der Waals surface area contributed by atoms with Crippen LogP contribution in [0.2, 0.25) is 0 Å². The zero-order valence-electron chi connectivity index (χ0n) is 14.7. The lowest BCUT2D eigenvalue weighted by Gasteiger charge is -2.20. The maximum atomic E-state index is 11.7. The molecule has 0 saturated carbocycles. The molecule has 2 heterocycles. The van der Waals surface area contributed by atoms with Gasteiger partial charge < -0.3 is 34.1 Å². The number of carbonyl (C=O) groups excluding carboxylic acids is 2. The molecule has 18 nitrogen and oxygen atoms in total. The number of aromatic amines is 1. The summed E-state index contributed by atoms with van der Waals surface area (Å²) < 4.78 is 50.8. The number of H-pyrrole nitrogens is 1. The van der Waals surface area contributed by atoms with E-state index in [4.69, 9.17) is 19.4 Å². The summed E-state index contributed by atoms with van der Waals surface area (Å²) in [4.78, 5) is 79.3. The van der Waals surface area contributed by atoms with Gasteiger partial charge >= 0.3 is 23.5 Å². The molecular formula is C10H13N4O14P3. The number of carbonyl (C=O) groups is 2. The second-order valence-corrected chi connectivity index (χ2v) is 9.70. The van der Waals surface area contributed by atoms with Gasteiger partial charge in [-0.25, -0.2) is 23.7 Å². The predicted molar refractivity (Wildman–Crippen MR) is 94.0 cm³/mol. The first kappa shape index (κ1) is 25.3. The molecule has 2 rings (SSSR count). The summed E-state index contributed by atoms with van der Waals surface area (Å²) in [5.74, 6) is 0. The van der Waals surface area contributed by atoms with Gasteiger partial charge in [0, 0.05) is 0 Å². The number of phosphoric ester groups is 1. The fourth-order valence-corrected chi connectivity index (χ4v) is 5.00. The molecule has 2 unspecified atom stereocenters. The Balaban J connectivity index is 2.09. The Kier molecular flexibility index (Phi) is 7.91. The van der Waals surface area contributed by atoms with Crippen molar-refractivity contribution in [2.24, 2.45) is 0 Å². The molecular weight excluding hydrogens is 493 g/mol. The summed E-state index contributed by atoms with van der Waals surface area (Å²) in [7, 11) is -16.8. The zero-order chi connectivity index (χ0) is 23.4. The van der Waals surface area contributed by atoms with E-state index in [0.717, 1.165) is 17.2 Å². The van der Waals surface area contributed by atoms with Crippen molar-refractivity contribution < 1.29 is 60.7 Å². The Bertz CT molecular complexity index is 1150. The molecule has 0 aliphatic rings. The summed E-state index contributed by atoms with van der Waals surface area (Å²) in [6.45, 7) is -1.13. The first-order chi connectivity index (χ1) is 14.3. The van der Waals surface area contributed by atoms with Crippen LogP contribution in [0.25, 0.3) is 11.2 Å². The number of fused-ring (bicyclic) bond motifs is 1. The van der Waals surface area contributed by atoms with Crippen molar-refractivity contribution >= 4 is 47.2 Å². The second-order valence-electron chi connectivity index (χ2n) is 5.28. The molecule has 0 aromatic carbocycles. The van der Waals surface area contributed by atoms with Gasteiger partial charge in [0.25, 0.3) is 5.56 Å². The van der Waals surface area contributed by atoms with Crippen LogP contribution in [0.15, 0.2) is 17.4 Å². The molecule has 2 aromatic rings. The highest BCUT2D eigenvalue weighted by Crippen LogP contribution is 2.66. The number of nitrogens with zero attached hydrogens (tertiary/aromatic N) is 3. The maximum absolute atomic E-state index is 11.7. The van der Waals surface area contributed by atoms with Crippen molar-refractivity contribution in [2.75, 3.05) is 6.61 Å². The molecule has 5 N–H and O–H groups in total. The quantitative estimate of drug-likeness (QED) is 0.166. The van der Waals surface area contributed by atoms with E-state index in [2.05, 4.69) is 28.1 Å². The van der Waals surface area contributed by atoms with E-state index in [-0.39, 0.29) is 23.7 Å². The minimum Gasteiger partial charge on any atom is -0.338 e. The Labute approximate surface area is 170 Å². The van der Waals surface area contributed by atoms with Crippen molar-refractivity contribution in [3.05, 3.63) is 23.0 Å². The van der Waals surface area contributed by atoms with Crippen molar-refractivity contribution in [1.29, 1.82) is 0 Å². The van der Waals surface area contributed by atoms with Gasteiger partial charge in [0.1, 0.15) is 6.10 Å². The fraction of sp³-hybridized carbons (Fsp3) is 0.300. The third-order valence-corrected chi connectivity index (χ3v) is 6.84. The van der Waals surface area contributed by atoms with Gasteiger partial charge in [-0.1, -0.05) is 0 Å². The lowest BCUT2D eigenvalue weighted by Crippen LogP contribution is -2.27. The van der Waals surface area contributed by atoms with Crippen LogP contribution in [-0.2, 0) is 41.2 Å². The van der Waals surface area contributed by atoms with E-state index < -0.39 is 48.0 Å². The van der Waals surface area contributed by atoms with Crippen LogP contribution < -0.4 is 5.56 Å². The molecule has 0 fully saturated rings. The molecule has 0 aliphatic heterocycles. The Morgan fingerprint density at radius 2 is 1.74 bits per heavy atom. The molecule has 0 aliphatic carbocycles. The van der Waals surface area contributed by atoms with E-state index in [9.17, 15) is 33.0 Å². The Morgan fingerprint density at radius 3 is 2.32 bits per heavy atom. The average molecular weight is 506 g/mol. The first-order valence-corrected chi connectivity index (χ1v) is 12.0. The topological polar surface area (TPSA) is 267 Å². The standard InChI is InChI=1S/C10H13N4O14P3/c15-1-6(3-25-30(21,22)28-31(23,24)27-29(18,19)20)26-7(2-16)14-5-13-8-9(14)11-4-12-10(8)17/h1-2,4-7H,3H2,(H,21,22)(H,23,24)(H,11,12,17)(H2,18,19,20)/t6-,7-/m1/s1. The summed E-state index contributed by atoms with van der Waals surface area (Å²) in [6, 6.07) is 0. The highest BCUT2D eigenvalue weighted by atomic mass is 31.3. The van der Waals surface area contributed by atoms with Gasteiger partial charge in [0.15, 0.2) is 30.0 Å². The third kappa shape index (κ3) is 7.31. The van der Waals surface area contributed by atoms with Gasteiger partial charge in [0.2, 0.25) is 0 Å². The molecule has 31 heavy (non-hydrogen) atoms. The zero-order valence-corrected chi connectivity index (χ0v) is 17.4. The summed E-state index contributed by atoms with van der Waals surface area (Å²) >= 11 is 0. The van der Waals surface area contributed by atoms with E-state index in [0.29, 0.717) is 0 Å². The molecule has 0 spiro atoms. The largest absolute Gasteiger partial charge is 0.490 e. The number of ether oxygens (including phenoxy) is 1. The molecule has 21 heteroatoms. The average Bonchev–Trinajstić information content (AvgIpc) is 3.04.